The zero-order valence-electron chi connectivity index (χ0n) is 12.0. The zero-order valence-corrected chi connectivity index (χ0v) is 15.3. The minimum absolute atomic E-state index is 0.171. The van der Waals surface area contributed by atoms with Gasteiger partial charge in [-0.05, 0) is 47.7 Å². The van der Waals surface area contributed by atoms with E-state index in [1.165, 1.54) is 22.3 Å². The summed E-state index contributed by atoms with van der Waals surface area (Å²) < 4.78 is 28.6. The molecule has 3 heterocycles. The molecule has 0 atom stereocenters. The third kappa shape index (κ3) is 3.42. The number of hydrogen-bond donors (Lipinski definition) is 0. The molecule has 5 nitrogen and oxygen atoms in total. The predicted molar refractivity (Wildman–Crippen MR) is 96.2 cm³/mol. The van der Waals surface area contributed by atoms with Crippen molar-refractivity contribution in [1.29, 1.82) is 0 Å². The average Bonchev–Trinajstić information content (AvgIpc) is 3.23. The van der Waals surface area contributed by atoms with Gasteiger partial charge in [-0.1, -0.05) is 12.1 Å². The number of nitrogens with zero attached hydrogens (tertiary/aromatic N) is 2. The average molecular weight is 385 g/mol. The van der Waals surface area contributed by atoms with Crippen LogP contribution < -0.4 is 0 Å². The maximum Gasteiger partial charge on any atom is 0.294 e. The van der Waals surface area contributed by atoms with Crippen LogP contribution in [0.3, 0.4) is 0 Å². The van der Waals surface area contributed by atoms with Crippen LogP contribution in [0.4, 0.5) is 0 Å². The first-order valence-corrected chi connectivity index (χ1v) is 10.7. The molecule has 1 amide bonds. The Morgan fingerprint density at radius 2 is 1.96 bits per heavy atom. The molecule has 9 heteroatoms. The minimum atomic E-state index is -3.79. The van der Waals surface area contributed by atoms with Gasteiger partial charge in [-0.3, -0.25) is 9.69 Å². The van der Waals surface area contributed by atoms with Gasteiger partial charge in [0.05, 0.1) is 4.91 Å². The van der Waals surface area contributed by atoms with Crippen LogP contribution in [-0.4, -0.2) is 30.9 Å². The number of thioether (sulfide) groups is 1. The van der Waals surface area contributed by atoms with Gasteiger partial charge in [-0.15, -0.1) is 27.1 Å². The smallest absolute Gasteiger partial charge is 0.286 e. The monoisotopic (exact) mass is 384 g/mol. The van der Waals surface area contributed by atoms with E-state index in [0.29, 0.717) is 11.4 Å². The molecular formula is C14H12N2O3S4. The van der Waals surface area contributed by atoms with E-state index >= 15 is 0 Å². The van der Waals surface area contributed by atoms with Crippen LogP contribution in [0.1, 0.15) is 11.8 Å². The van der Waals surface area contributed by atoms with Crippen molar-refractivity contribution in [2.24, 2.45) is 4.40 Å². The normalized spacial score (nSPS) is 19.2. The SMILES string of the molecule is CCN1C(=O)C(=Cc2cccs2)SC1=NS(=O)(=O)c1cccs1. The van der Waals surface area contributed by atoms with E-state index in [0.717, 1.165) is 28.0 Å². The summed E-state index contributed by atoms with van der Waals surface area (Å²) in [6.45, 7) is 2.16. The fraction of sp³-hybridized carbons (Fsp3) is 0.143. The van der Waals surface area contributed by atoms with E-state index in [9.17, 15) is 13.2 Å². The zero-order chi connectivity index (χ0) is 16.4. The highest BCUT2D eigenvalue weighted by molar-refractivity contribution is 8.19. The standard InChI is InChI=1S/C14H12N2O3S4/c1-2-16-13(17)11(9-10-5-3-7-20-10)22-14(16)15-23(18,19)12-6-4-8-21-12/h3-9H,2H2,1H3. The number of rotatable bonds is 4. The quantitative estimate of drug-likeness (QED) is 0.757. The molecule has 0 aliphatic carbocycles. The highest BCUT2D eigenvalue weighted by Crippen LogP contribution is 2.34. The number of carbonyl (C=O) groups is 1. The van der Waals surface area contributed by atoms with E-state index in [-0.39, 0.29) is 15.3 Å². The summed E-state index contributed by atoms with van der Waals surface area (Å²) >= 11 is 3.72. The van der Waals surface area contributed by atoms with Gasteiger partial charge >= 0.3 is 0 Å². The molecule has 1 aliphatic rings. The van der Waals surface area contributed by atoms with Crippen molar-refractivity contribution in [1.82, 2.24) is 4.90 Å². The molecule has 0 N–H and O–H groups in total. The first-order valence-electron chi connectivity index (χ1n) is 6.64. The molecule has 23 heavy (non-hydrogen) atoms. The van der Waals surface area contributed by atoms with Crippen LogP contribution in [0.5, 0.6) is 0 Å². The summed E-state index contributed by atoms with van der Waals surface area (Å²) in [5.74, 6) is -0.217. The first-order chi connectivity index (χ1) is 11.0. The van der Waals surface area contributed by atoms with E-state index < -0.39 is 10.0 Å². The Kier molecular flexibility index (Phi) is 4.72. The number of hydrogen-bond acceptors (Lipinski definition) is 6. The van der Waals surface area contributed by atoms with Crippen molar-refractivity contribution in [2.75, 3.05) is 6.54 Å². The third-order valence-corrected chi connectivity index (χ3v) is 7.55. The number of likely N-dealkylation sites (N-methyl/N-ethyl adjacent to an activating group) is 1. The van der Waals surface area contributed by atoms with Gasteiger partial charge in [0.1, 0.15) is 4.21 Å². The third-order valence-electron chi connectivity index (χ3n) is 2.97. The molecule has 120 valence electrons. The number of sulfonamides is 1. The number of amides is 1. The Labute approximate surface area is 146 Å². The lowest BCUT2D eigenvalue weighted by molar-refractivity contribution is -0.122. The van der Waals surface area contributed by atoms with E-state index in [4.69, 9.17) is 0 Å². The Bertz CT molecular complexity index is 865. The van der Waals surface area contributed by atoms with Gasteiger partial charge in [0.25, 0.3) is 15.9 Å². The van der Waals surface area contributed by atoms with Crippen molar-refractivity contribution in [3.05, 3.63) is 44.8 Å². The Morgan fingerprint density at radius 3 is 2.57 bits per heavy atom. The van der Waals surface area contributed by atoms with Crippen molar-refractivity contribution < 1.29 is 13.2 Å². The fourth-order valence-corrected chi connectivity index (χ4v) is 5.85. The van der Waals surface area contributed by atoms with Crippen molar-refractivity contribution in [3.63, 3.8) is 0 Å². The van der Waals surface area contributed by atoms with Gasteiger partial charge in [-0.25, -0.2) is 0 Å². The van der Waals surface area contributed by atoms with E-state index in [2.05, 4.69) is 4.40 Å². The highest BCUT2D eigenvalue weighted by atomic mass is 32.2. The maximum absolute atomic E-state index is 12.4. The topological polar surface area (TPSA) is 66.8 Å². The molecule has 0 unspecified atom stereocenters. The summed E-state index contributed by atoms with van der Waals surface area (Å²) in [7, 11) is -3.79. The molecular weight excluding hydrogens is 372 g/mol. The summed E-state index contributed by atoms with van der Waals surface area (Å²) in [5, 5.41) is 3.80. The summed E-state index contributed by atoms with van der Waals surface area (Å²) in [6, 6.07) is 6.96. The number of thiophene rings is 2. The molecule has 0 aromatic carbocycles. The molecule has 0 radical (unpaired) electrons. The lowest BCUT2D eigenvalue weighted by Crippen LogP contribution is -2.29. The molecule has 2 aromatic rings. The molecule has 1 saturated heterocycles. The van der Waals surface area contributed by atoms with Crippen LogP contribution >= 0.6 is 34.4 Å². The largest absolute Gasteiger partial charge is 0.294 e. The van der Waals surface area contributed by atoms with Gasteiger partial charge < -0.3 is 0 Å². The maximum atomic E-state index is 12.4. The number of amidine groups is 1. The Hall–Kier alpha value is -1.42. The molecule has 1 aliphatic heterocycles. The second-order valence-corrected chi connectivity index (χ2v) is 9.22. The minimum Gasteiger partial charge on any atom is -0.286 e. The summed E-state index contributed by atoms with van der Waals surface area (Å²) in [4.78, 5) is 15.2. The van der Waals surface area contributed by atoms with Crippen molar-refractivity contribution in [2.45, 2.75) is 11.1 Å². The van der Waals surface area contributed by atoms with Crippen molar-refractivity contribution >= 4 is 61.6 Å². The van der Waals surface area contributed by atoms with Crippen LogP contribution in [0, 0.1) is 0 Å². The van der Waals surface area contributed by atoms with Gasteiger partial charge in [0, 0.05) is 11.4 Å². The first kappa shape index (κ1) is 16.4. The fourth-order valence-electron chi connectivity index (χ4n) is 1.92. The van der Waals surface area contributed by atoms with Crippen LogP contribution in [-0.2, 0) is 14.8 Å². The summed E-state index contributed by atoms with van der Waals surface area (Å²) in [6.07, 6.45) is 1.76. The predicted octanol–water partition coefficient (Wildman–Crippen LogP) is 3.49. The second-order valence-electron chi connectivity index (χ2n) is 4.46. The van der Waals surface area contributed by atoms with Crippen LogP contribution in [0.15, 0.2) is 48.5 Å². The molecule has 0 bridgehead atoms. The Morgan fingerprint density at radius 1 is 1.22 bits per heavy atom. The molecule has 0 saturated carbocycles. The summed E-state index contributed by atoms with van der Waals surface area (Å²) in [5.41, 5.74) is 0. The van der Waals surface area contributed by atoms with Crippen LogP contribution in [0.25, 0.3) is 6.08 Å². The van der Waals surface area contributed by atoms with Gasteiger partial charge in [0.2, 0.25) is 0 Å². The lowest BCUT2D eigenvalue weighted by Gasteiger charge is -2.11. The molecule has 2 aromatic heterocycles. The van der Waals surface area contributed by atoms with E-state index in [1.807, 2.05) is 17.5 Å². The molecule has 0 spiro atoms. The Balaban J connectivity index is 1.97. The lowest BCUT2D eigenvalue weighted by atomic mass is 10.4. The second kappa shape index (κ2) is 6.60. The van der Waals surface area contributed by atoms with Gasteiger partial charge in [-0.2, -0.15) is 8.42 Å². The molecule has 3 rings (SSSR count). The van der Waals surface area contributed by atoms with Gasteiger partial charge in [0.15, 0.2) is 5.17 Å². The van der Waals surface area contributed by atoms with E-state index in [1.54, 1.807) is 24.4 Å². The van der Waals surface area contributed by atoms with Crippen molar-refractivity contribution in [3.8, 4) is 0 Å². The van der Waals surface area contributed by atoms with Crippen LogP contribution in [0.2, 0.25) is 0 Å². The highest BCUT2D eigenvalue weighted by Gasteiger charge is 2.34. The number of carbonyl (C=O) groups excluding carboxylic acids is 1. The molecule has 1 fully saturated rings.